The molecule has 32 heavy (non-hydrogen) atoms. The van der Waals surface area contributed by atoms with Gasteiger partial charge in [-0.1, -0.05) is 44.7 Å². The number of rotatable bonds is 5. The van der Waals surface area contributed by atoms with Crippen LogP contribution in [0.1, 0.15) is 55.2 Å². The van der Waals surface area contributed by atoms with Gasteiger partial charge in [-0.3, -0.25) is 4.79 Å². The molecule has 0 radical (unpaired) electrons. The number of benzene rings is 1. The maximum Gasteiger partial charge on any atom is 0.253 e. The summed E-state index contributed by atoms with van der Waals surface area (Å²) >= 11 is 1.65. The molecule has 0 bridgehead atoms. The summed E-state index contributed by atoms with van der Waals surface area (Å²) in [6, 6.07) is 10.2. The van der Waals surface area contributed by atoms with Gasteiger partial charge in [-0.25, -0.2) is 9.97 Å². The number of thioether (sulfide) groups is 1. The van der Waals surface area contributed by atoms with Crippen molar-refractivity contribution in [2.75, 3.05) is 51.2 Å². The molecule has 0 atom stereocenters. The SMILES string of the molecule is CN1CCN(C(=O)c2cccc(CSc3nc(N4CCCC4)cc(C(C)(C)C)n3)c2)CC1. The lowest BCUT2D eigenvalue weighted by molar-refractivity contribution is 0.0664. The molecule has 2 aliphatic heterocycles. The second kappa shape index (κ2) is 9.79. The minimum Gasteiger partial charge on any atom is -0.356 e. The Hall–Kier alpha value is -2.12. The van der Waals surface area contributed by atoms with E-state index in [1.165, 1.54) is 12.8 Å². The van der Waals surface area contributed by atoms with E-state index in [0.29, 0.717) is 0 Å². The Bertz CT molecular complexity index is 944. The molecule has 0 N–H and O–H groups in total. The molecule has 4 rings (SSSR count). The summed E-state index contributed by atoms with van der Waals surface area (Å²) < 4.78 is 0. The highest BCUT2D eigenvalue weighted by Gasteiger charge is 2.23. The Kier molecular flexibility index (Phi) is 7.05. The van der Waals surface area contributed by atoms with Gasteiger partial charge in [0.2, 0.25) is 0 Å². The topological polar surface area (TPSA) is 52.6 Å². The summed E-state index contributed by atoms with van der Waals surface area (Å²) in [4.78, 5) is 29.3. The number of hydrogen-bond acceptors (Lipinski definition) is 6. The first-order valence-corrected chi connectivity index (χ1v) is 12.6. The van der Waals surface area contributed by atoms with E-state index in [-0.39, 0.29) is 11.3 Å². The molecule has 2 aliphatic rings. The summed E-state index contributed by atoms with van der Waals surface area (Å²) in [5.74, 6) is 1.92. The molecule has 1 amide bonds. The van der Waals surface area contributed by atoms with Crippen molar-refractivity contribution in [2.24, 2.45) is 0 Å². The van der Waals surface area contributed by atoms with E-state index in [2.05, 4.69) is 49.8 Å². The van der Waals surface area contributed by atoms with E-state index < -0.39 is 0 Å². The molecule has 0 saturated carbocycles. The molecule has 0 aliphatic carbocycles. The lowest BCUT2D eigenvalue weighted by Gasteiger charge is -2.32. The van der Waals surface area contributed by atoms with Gasteiger partial charge in [0.25, 0.3) is 5.91 Å². The van der Waals surface area contributed by atoms with Crippen molar-refractivity contribution in [3.63, 3.8) is 0 Å². The molecule has 3 heterocycles. The quantitative estimate of drug-likeness (QED) is 0.503. The fraction of sp³-hybridized carbons (Fsp3) is 0.560. The molecule has 0 unspecified atom stereocenters. The Morgan fingerprint density at radius 1 is 1.00 bits per heavy atom. The first kappa shape index (κ1) is 23.1. The van der Waals surface area contributed by atoms with E-state index in [1.54, 1.807) is 11.8 Å². The Morgan fingerprint density at radius 3 is 2.41 bits per heavy atom. The van der Waals surface area contributed by atoms with Crippen LogP contribution in [0.15, 0.2) is 35.5 Å². The van der Waals surface area contributed by atoms with E-state index in [9.17, 15) is 4.79 Å². The van der Waals surface area contributed by atoms with Crippen LogP contribution >= 0.6 is 11.8 Å². The Balaban J connectivity index is 1.48. The maximum atomic E-state index is 12.9. The van der Waals surface area contributed by atoms with Crippen molar-refractivity contribution >= 4 is 23.5 Å². The van der Waals surface area contributed by atoms with Crippen molar-refractivity contribution in [3.05, 3.63) is 47.2 Å². The average molecular weight is 454 g/mol. The molecule has 172 valence electrons. The van der Waals surface area contributed by atoms with Gasteiger partial charge in [0.1, 0.15) is 5.82 Å². The molecular weight excluding hydrogens is 418 g/mol. The van der Waals surface area contributed by atoms with Crippen LogP contribution in [0.5, 0.6) is 0 Å². The predicted molar refractivity (Wildman–Crippen MR) is 132 cm³/mol. The second-order valence-electron chi connectivity index (χ2n) is 9.92. The summed E-state index contributed by atoms with van der Waals surface area (Å²) in [6.07, 6.45) is 2.46. The number of likely N-dealkylation sites (N-methyl/N-ethyl adjacent to an activating group) is 1. The highest BCUT2D eigenvalue weighted by molar-refractivity contribution is 7.98. The molecule has 6 nitrogen and oxygen atoms in total. The predicted octanol–water partition coefficient (Wildman–Crippen LogP) is 4.05. The number of hydrogen-bond donors (Lipinski definition) is 0. The largest absolute Gasteiger partial charge is 0.356 e. The summed E-state index contributed by atoms with van der Waals surface area (Å²) in [5.41, 5.74) is 2.95. The first-order chi connectivity index (χ1) is 15.3. The number of carbonyl (C=O) groups is 1. The third kappa shape index (κ3) is 5.62. The van der Waals surface area contributed by atoms with Gasteiger partial charge >= 0.3 is 0 Å². The van der Waals surface area contributed by atoms with Crippen LogP contribution in [0.2, 0.25) is 0 Å². The van der Waals surface area contributed by atoms with Crippen LogP contribution < -0.4 is 4.90 Å². The monoisotopic (exact) mass is 453 g/mol. The van der Waals surface area contributed by atoms with Gasteiger partial charge < -0.3 is 14.7 Å². The molecule has 2 saturated heterocycles. The highest BCUT2D eigenvalue weighted by atomic mass is 32.2. The minimum absolute atomic E-state index is 0.0262. The Morgan fingerprint density at radius 2 is 1.72 bits per heavy atom. The number of nitrogens with zero attached hydrogens (tertiary/aromatic N) is 5. The van der Waals surface area contributed by atoms with Crippen molar-refractivity contribution in [2.45, 2.75) is 49.9 Å². The van der Waals surface area contributed by atoms with Gasteiger partial charge in [-0.2, -0.15) is 0 Å². The van der Waals surface area contributed by atoms with Crippen molar-refractivity contribution in [3.8, 4) is 0 Å². The zero-order valence-corrected chi connectivity index (χ0v) is 20.6. The van der Waals surface area contributed by atoms with Crippen LogP contribution in [0.4, 0.5) is 5.82 Å². The number of piperazine rings is 1. The van der Waals surface area contributed by atoms with Gasteiger partial charge in [0.05, 0.1) is 5.69 Å². The number of aromatic nitrogens is 2. The van der Waals surface area contributed by atoms with Gasteiger partial charge in [-0.15, -0.1) is 0 Å². The smallest absolute Gasteiger partial charge is 0.253 e. The zero-order valence-electron chi connectivity index (χ0n) is 19.8. The summed E-state index contributed by atoms with van der Waals surface area (Å²) in [7, 11) is 2.10. The molecule has 1 aromatic carbocycles. The standard InChI is InChI=1S/C25H35N5OS/c1-25(2,3)21-17-22(29-10-5-6-11-29)27-24(26-21)32-18-19-8-7-9-20(16-19)23(31)30-14-12-28(4)13-15-30/h7-9,16-17H,5-6,10-15,18H2,1-4H3. The first-order valence-electron chi connectivity index (χ1n) is 11.6. The van der Waals surface area contributed by atoms with Crippen molar-refractivity contribution < 1.29 is 4.79 Å². The second-order valence-corrected chi connectivity index (χ2v) is 10.9. The van der Waals surface area contributed by atoms with Gasteiger partial charge in [0.15, 0.2) is 5.16 Å². The molecule has 1 aromatic heterocycles. The fourth-order valence-electron chi connectivity index (χ4n) is 4.10. The summed E-state index contributed by atoms with van der Waals surface area (Å²) in [6.45, 7) is 12.2. The maximum absolute atomic E-state index is 12.9. The van der Waals surface area contributed by atoms with Crippen LogP contribution in [0.25, 0.3) is 0 Å². The lowest BCUT2D eigenvalue weighted by atomic mass is 9.92. The minimum atomic E-state index is -0.0262. The van der Waals surface area contributed by atoms with Gasteiger partial charge in [-0.05, 0) is 37.6 Å². The van der Waals surface area contributed by atoms with E-state index in [1.807, 2.05) is 23.1 Å². The van der Waals surface area contributed by atoms with Crippen LogP contribution in [0.3, 0.4) is 0 Å². The number of anilines is 1. The third-order valence-electron chi connectivity index (χ3n) is 6.22. The average Bonchev–Trinajstić information content (AvgIpc) is 3.32. The summed E-state index contributed by atoms with van der Waals surface area (Å²) in [5, 5.41) is 0.815. The van der Waals surface area contributed by atoms with Gasteiger partial charge in [0, 0.05) is 62.1 Å². The van der Waals surface area contributed by atoms with Crippen molar-refractivity contribution in [1.29, 1.82) is 0 Å². The van der Waals surface area contributed by atoms with Crippen LogP contribution in [-0.2, 0) is 11.2 Å². The fourth-order valence-corrected chi connectivity index (χ4v) is 4.90. The zero-order chi connectivity index (χ0) is 22.7. The van der Waals surface area contributed by atoms with Crippen molar-refractivity contribution in [1.82, 2.24) is 19.8 Å². The molecular formula is C25H35N5OS. The van der Waals surface area contributed by atoms with E-state index >= 15 is 0 Å². The third-order valence-corrected chi connectivity index (χ3v) is 7.14. The van der Waals surface area contributed by atoms with E-state index in [0.717, 1.165) is 72.8 Å². The van der Waals surface area contributed by atoms with E-state index in [4.69, 9.17) is 9.97 Å². The normalized spacial score (nSPS) is 17.8. The lowest BCUT2D eigenvalue weighted by Crippen LogP contribution is -2.47. The molecule has 2 fully saturated rings. The molecule has 2 aromatic rings. The van der Waals surface area contributed by atoms with Crippen LogP contribution in [-0.4, -0.2) is 72.0 Å². The van der Waals surface area contributed by atoms with Crippen LogP contribution in [0, 0.1) is 0 Å². The highest BCUT2D eigenvalue weighted by Crippen LogP contribution is 2.29. The molecule has 7 heteroatoms. The Labute approximate surface area is 196 Å². The molecule has 0 spiro atoms. The number of amides is 1. The number of carbonyl (C=O) groups excluding carboxylic acids is 1.